The van der Waals surface area contributed by atoms with E-state index in [4.69, 9.17) is 15.2 Å². The molecule has 5 heteroatoms. The number of nitrogens with two attached hydrogens (primary N) is 1. The van der Waals surface area contributed by atoms with Crippen LogP contribution in [0.4, 0.5) is 5.69 Å². The van der Waals surface area contributed by atoms with Crippen LogP contribution in [0.25, 0.3) is 0 Å². The summed E-state index contributed by atoms with van der Waals surface area (Å²) in [5.74, 6) is 1.46. The van der Waals surface area contributed by atoms with Gasteiger partial charge in [-0.25, -0.2) is 0 Å². The van der Waals surface area contributed by atoms with E-state index in [1.54, 1.807) is 16.8 Å². The van der Waals surface area contributed by atoms with Crippen LogP contribution in [0.15, 0.2) is 47.4 Å². The molecule has 0 fully saturated rings. The van der Waals surface area contributed by atoms with E-state index >= 15 is 0 Å². The second-order valence-corrected chi connectivity index (χ2v) is 4.58. The number of benzene rings is 1. The molecular formula is C16H20N2O3. The molecule has 1 heterocycles. The SMILES string of the molecule is CCOc1ccccc1OCCCn1cc(N)ccc1=O. The van der Waals surface area contributed by atoms with Crippen LogP contribution < -0.4 is 20.8 Å². The van der Waals surface area contributed by atoms with Crippen LogP contribution in [0, 0.1) is 0 Å². The lowest BCUT2D eigenvalue weighted by Crippen LogP contribution is -2.20. The van der Waals surface area contributed by atoms with Gasteiger partial charge in [-0.15, -0.1) is 0 Å². The van der Waals surface area contributed by atoms with Crippen LogP contribution in [-0.4, -0.2) is 17.8 Å². The molecule has 0 aliphatic rings. The van der Waals surface area contributed by atoms with Gasteiger partial charge in [0.25, 0.3) is 5.56 Å². The van der Waals surface area contributed by atoms with Crippen LogP contribution in [0.3, 0.4) is 0 Å². The van der Waals surface area contributed by atoms with Crippen molar-refractivity contribution in [2.75, 3.05) is 18.9 Å². The van der Waals surface area contributed by atoms with Crippen molar-refractivity contribution < 1.29 is 9.47 Å². The first-order chi connectivity index (χ1) is 10.2. The molecule has 0 bridgehead atoms. The molecule has 112 valence electrons. The number of hydrogen-bond acceptors (Lipinski definition) is 4. The average Bonchev–Trinajstić information content (AvgIpc) is 2.49. The Kier molecular flexibility index (Phi) is 5.26. The van der Waals surface area contributed by atoms with Crippen molar-refractivity contribution in [2.24, 2.45) is 0 Å². The highest BCUT2D eigenvalue weighted by Crippen LogP contribution is 2.26. The molecule has 1 aromatic carbocycles. The number of para-hydroxylation sites is 2. The van der Waals surface area contributed by atoms with E-state index in [0.29, 0.717) is 31.9 Å². The minimum atomic E-state index is -0.0566. The van der Waals surface area contributed by atoms with E-state index in [1.165, 1.54) is 6.07 Å². The van der Waals surface area contributed by atoms with Gasteiger partial charge in [0.15, 0.2) is 11.5 Å². The quantitative estimate of drug-likeness (QED) is 0.794. The maximum Gasteiger partial charge on any atom is 0.250 e. The van der Waals surface area contributed by atoms with E-state index in [0.717, 1.165) is 11.5 Å². The van der Waals surface area contributed by atoms with Crippen molar-refractivity contribution in [3.63, 3.8) is 0 Å². The number of hydrogen-bond donors (Lipinski definition) is 1. The predicted octanol–water partition coefficient (Wildman–Crippen LogP) is 2.30. The molecular weight excluding hydrogens is 268 g/mol. The lowest BCUT2D eigenvalue weighted by atomic mass is 10.3. The van der Waals surface area contributed by atoms with E-state index < -0.39 is 0 Å². The summed E-state index contributed by atoms with van der Waals surface area (Å²) in [6, 6.07) is 10.6. The van der Waals surface area contributed by atoms with Crippen molar-refractivity contribution in [3.05, 3.63) is 52.9 Å². The van der Waals surface area contributed by atoms with Gasteiger partial charge in [0.2, 0.25) is 0 Å². The Morgan fingerprint density at radius 3 is 2.52 bits per heavy atom. The average molecular weight is 288 g/mol. The molecule has 0 radical (unpaired) electrons. The molecule has 0 amide bonds. The van der Waals surface area contributed by atoms with E-state index in [-0.39, 0.29) is 5.56 Å². The summed E-state index contributed by atoms with van der Waals surface area (Å²) in [6.07, 6.45) is 2.36. The monoisotopic (exact) mass is 288 g/mol. The van der Waals surface area contributed by atoms with Crippen LogP contribution in [0.2, 0.25) is 0 Å². The summed E-state index contributed by atoms with van der Waals surface area (Å²) < 4.78 is 12.8. The van der Waals surface area contributed by atoms with Crippen LogP contribution in [0.5, 0.6) is 11.5 Å². The first-order valence-electron chi connectivity index (χ1n) is 7.01. The van der Waals surface area contributed by atoms with E-state index in [1.807, 2.05) is 31.2 Å². The Morgan fingerprint density at radius 2 is 1.81 bits per heavy atom. The van der Waals surface area contributed by atoms with E-state index in [9.17, 15) is 4.79 Å². The topological polar surface area (TPSA) is 66.5 Å². The first kappa shape index (κ1) is 15.0. The largest absolute Gasteiger partial charge is 0.490 e. The zero-order valence-electron chi connectivity index (χ0n) is 12.1. The molecule has 2 rings (SSSR count). The number of nitrogens with zero attached hydrogens (tertiary/aromatic N) is 1. The number of anilines is 1. The number of pyridine rings is 1. The molecule has 0 saturated carbocycles. The minimum absolute atomic E-state index is 0.0566. The van der Waals surface area contributed by atoms with Gasteiger partial charge in [0, 0.05) is 24.5 Å². The van der Waals surface area contributed by atoms with Gasteiger partial charge in [-0.3, -0.25) is 4.79 Å². The smallest absolute Gasteiger partial charge is 0.250 e. The molecule has 1 aromatic heterocycles. The first-order valence-corrected chi connectivity index (χ1v) is 7.01. The highest BCUT2D eigenvalue weighted by molar-refractivity contribution is 5.39. The van der Waals surface area contributed by atoms with Gasteiger partial charge in [0.05, 0.1) is 13.2 Å². The maximum absolute atomic E-state index is 11.6. The Bertz CT molecular complexity index is 637. The summed E-state index contributed by atoms with van der Waals surface area (Å²) in [5.41, 5.74) is 6.19. The Labute approximate surface area is 123 Å². The molecule has 0 saturated heterocycles. The highest BCUT2D eigenvalue weighted by Gasteiger charge is 2.03. The number of aryl methyl sites for hydroxylation is 1. The van der Waals surface area contributed by atoms with E-state index in [2.05, 4.69) is 0 Å². The highest BCUT2D eigenvalue weighted by atomic mass is 16.5. The van der Waals surface area contributed by atoms with Crippen LogP contribution >= 0.6 is 0 Å². The fourth-order valence-electron chi connectivity index (χ4n) is 1.99. The Morgan fingerprint density at radius 1 is 1.10 bits per heavy atom. The van der Waals surface area contributed by atoms with Gasteiger partial charge in [-0.05, 0) is 31.5 Å². The third-order valence-corrected chi connectivity index (χ3v) is 2.96. The summed E-state index contributed by atoms with van der Waals surface area (Å²) in [6.45, 7) is 3.61. The third-order valence-electron chi connectivity index (χ3n) is 2.96. The zero-order valence-corrected chi connectivity index (χ0v) is 12.1. The van der Waals surface area contributed by atoms with Gasteiger partial charge in [-0.2, -0.15) is 0 Å². The molecule has 0 aliphatic heterocycles. The summed E-state index contributed by atoms with van der Waals surface area (Å²) in [7, 11) is 0. The summed E-state index contributed by atoms with van der Waals surface area (Å²) >= 11 is 0. The van der Waals surface area contributed by atoms with Crippen molar-refractivity contribution in [1.29, 1.82) is 0 Å². The third kappa shape index (κ3) is 4.27. The fourth-order valence-corrected chi connectivity index (χ4v) is 1.99. The van der Waals surface area contributed by atoms with Gasteiger partial charge in [0.1, 0.15) is 0 Å². The minimum Gasteiger partial charge on any atom is -0.490 e. The second-order valence-electron chi connectivity index (χ2n) is 4.58. The van der Waals surface area contributed by atoms with Crippen LogP contribution in [-0.2, 0) is 6.54 Å². The molecule has 21 heavy (non-hydrogen) atoms. The molecule has 5 nitrogen and oxygen atoms in total. The van der Waals surface area contributed by atoms with Crippen molar-refractivity contribution in [1.82, 2.24) is 4.57 Å². The molecule has 0 aliphatic carbocycles. The fraction of sp³-hybridized carbons (Fsp3) is 0.312. The molecule has 0 spiro atoms. The van der Waals surface area contributed by atoms with Gasteiger partial charge in [-0.1, -0.05) is 12.1 Å². The number of nitrogen functional groups attached to an aromatic ring is 1. The second kappa shape index (κ2) is 7.38. The lowest BCUT2D eigenvalue weighted by molar-refractivity contribution is 0.268. The standard InChI is InChI=1S/C16H20N2O3/c1-2-20-14-6-3-4-7-15(14)21-11-5-10-18-12-13(17)8-9-16(18)19/h3-4,6-9,12H,2,5,10-11,17H2,1H3. The molecule has 0 atom stereocenters. The summed E-state index contributed by atoms with van der Waals surface area (Å²) in [4.78, 5) is 11.6. The van der Waals surface area contributed by atoms with Crippen molar-refractivity contribution in [2.45, 2.75) is 19.9 Å². The Balaban J connectivity index is 1.87. The van der Waals surface area contributed by atoms with Crippen molar-refractivity contribution in [3.8, 4) is 11.5 Å². The van der Waals surface area contributed by atoms with Crippen molar-refractivity contribution >= 4 is 5.69 Å². The maximum atomic E-state index is 11.6. The Hall–Kier alpha value is -2.43. The molecule has 0 unspecified atom stereocenters. The normalized spacial score (nSPS) is 10.3. The van der Waals surface area contributed by atoms with Gasteiger partial charge >= 0.3 is 0 Å². The number of ether oxygens (including phenoxy) is 2. The lowest BCUT2D eigenvalue weighted by Gasteiger charge is -2.12. The van der Waals surface area contributed by atoms with Crippen LogP contribution in [0.1, 0.15) is 13.3 Å². The summed E-state index contributed by atoms with van der Waals surface area (Å²) in [5, 5.41) is 0. The number of rotatable bonds is 7. The number of aromatic nitrogens is 1. The van der Waals surface area contributed by atoms with Gasteiger partial charge < -0.3 is 19.8 Å². The zero-order chi connectivity index (χ0) is 15.1. The molecule has 2 aromatic rings. The molecule has 2 N–H and O–H groups in total. The predicted molar refractivity (Wildman–Crippen MR) is 82.8 cm³/mol.